The molecule has 0 aliphatic rings. The van der Waals surface area contributed by atoms with Crippen LogP contribution in [0.5, 0.6) is 0 Å². The highest BCUT2D eigenvalue weighted by molar-refractivity contribution is 5.86. The van der Waals surface area contributed by atoms with Gasteiger partial charge in [0.15, 0.2) is 5.65 Å². The normalized spacial score (nSPS) is 11.2. The van der Waals surface area contributed by atoms with E-state index in [9.17, 15) is 5.26 Å². The van der Waals surface area contributed by atoms with Crippen LogP contribution in [0.1, 0.15) is 16.7 Å². The summed E-state index contributed by atoms with van der Waals surface area (Å²) in [6, 6.07) is 10.4. The molecular formula is C20H24N5+. The van der Waals surface area contributed by atoms with Gasteiger partial charge in [0, 0.05) is 5.56 Å². The number of quaternary nitrogens is 1. The molecule has 0 fully saturated rings. The number of anilines is 1. The number of hydrogen-bond donors (Lipinski definition) is 2. The first-order chi connectivity index (χ1) is 12.1. The summed E-state index contributed by atoms with van der Waals surface area (Å²) in [5, 5.41) is 13.3. The SMILES string of the molecule is C=CCc1c(C)c(C#N)c2nc3ccccc3n2c1NCC[NH+](C)C. The number of rotatable bonds is 6. The highest BCUT2D eigenvalue weighted by Crippen LogP contribution is 2.31. The Morgan fingerprint density at radius 2 is 2.12 bits per heavy atom. The number of imidazole rings is 1. The van der Waals surface area contributed by atoms with Crippen LogP contribution in [0.3, 0.4) is 0 Å². The first-order valence-electron chi connectivity index (χ1n) is 8.55. The summed E-state index contributed by atoms with van der Waals surface area (Å²) in [6.07, 6.45) is 2.59. The molecule has 3 rings (SSSR count). The summed E-state index contributed by atoms with van der Waals surface area (Å²) in [5.74, 6) is 1.02. The lowest BCUT2D eigenvalue weighted by atomic mass is 10.0. The van der Waals surface area contributed by atoms with Crippen molar-refractivity contribution >= 4 is 22.5 Å². The van der Waals surface area contributed by atoms with E-state index in [0.717, 1.165) is 41.1 Å². The molecule has 5 heteroatoms. The van der Waals surface area contributed by atoms with Crippen molar-refractivity contribution in [3.63, 3.8) is 0 Å². The summed E-state index contributed by atoms with van der Waals surface area (Å²) in [6.45, 7) is 7.74. The Bertz CT molecular complexity index is 975. The molecule has 5 nitrogen and oxygen atoms in total. The summed E-state index contributed by atoms with van der Waals surface area (Å²) < 4.78 is 2.09. The van der Waals surface area contributed by atoms with Gasteiger partial charge in [0.2, 0.25) is 0 Å². The molecule has 2 N–H and O–H groups in total. The van der Waals surface area contributed by atoms with Crippen molar-refractivity contribution in [1.82, 2.24) is 9.38 Å². The van der Waals surface area contributed by atoms with Crippen LogP contribution in [0.2, 0.25) is 0 Å². The molecular weight excluding hydrogens is 310 g/mol. The van der Waals surface area contributed by atoms with Crippen LogP contribution in [-0.2, 0) is 6.42 Å². The minimum atomic E-state index is 0.636. The van der Waals surface area contributed by atoms with E-state index in [-0.39, 0.29) is 0 Å². The van der Waals surface area contributed by atoms with Crippen LogP contribution in [0.15, 0.2) is 36.9 Å². The van der Waals surface area contributed by atoms with Crippen LogP contribution in [0, 0.1) is 18.3 Å². The number of aromatic nitrogens is 2. The number of para-hydroxylation sites is 2. The number of nitrogens with one attached hydrogen (secondary N) is 2. The zero-order valence-corrected chi connectivity index (χ0v) is 15.1. The van der Waals surface area contributed by atoms with E-state index in [1.54, 1.807) is 0 Å². The van der Waals surface area contributed by atoms with Crippen molar-refractivity contribution in [3.05, 3.63) is 53.6 Å². The minimum Gasteiger partial charge on any atom is -0.365 e. The molecule has 0 atom stereocenters. The Kier molecular flexibility index (Phi) is 4.73. The fraction of sp³-hybridized carbons (Fsp3) is 0.300. The summed E-state index contributed by atoms with van der Waals surface area (Å²) in [4.78, 5) is 6.11. The summed E-state index contributed by atoms with van der Waals surface area (Å²) in [7, 11) is 4.27. The zero-order valence-electron chi connectivity index (χ0n) is 15.1. The molecule has 0 amide bonds. The van der Waals surface area contributed by atoms with Gasteiger partial charge in [-0.25, -0.2) is 4.98 Å². The third-order valence-corrected chi connectivity index (χ3v) is 4.50. The van der Waals surface area contributed by atoms with Gasteiger partial charge in [-0.3, -0.25) is 4.40 Å². The predicted octanol–water partition coefficient (Wildman–Crippen LogP) is 1.95. The van der Waals surface area contributed by atoms with Crippen LogP contribution in [0.4, 0.5) is 5.82 Å². The Hall–Kier alpha value is -2.84. The van der Waals surface area contributed by atoms with Gasteiger partial charge in [0.05, 0.1) is 43.8 Å². The number of allylic oxidation sites excluding steroid dienone is 1. The number of fused-ring (bicyclic) bond motifs is 3. The van der Waals surface area contributed by atoms with Gasteiger partial charge in [-0.05, 0) is 31.0 Å². The van der Waals surface area contributed by atoms with E-state index in [4.69, 9.17) is 4.98 Å². The summed E-state index contributed by atoms with van der Waals surface area (Å²) in [5.41, 5.74) is 5.35. The standard InChI is InChI=1S/C20H23N5/c1-5-8-15-14(2)16(13-21)20-23-17-9-6-7-10-18(17)25(20)19(15)22-11-12-24(3)4/h5-7,9-10,22H,1,8,11-12H2,2-4H3/p+1. The average molecular weight is 334 g/mol. The van der Waals surface area contributed by atoms with Crippen molar-refractivity contribution in [1.29, 1.82) is 5.26 Å². The first-order valence-corrected chi connectivity index (χ1v) is 8.55. The van der Waals surface area contributed by atoms with Crippen molar-refractivity contribution in [2.24, 2.45) is 0 Å². The summed E-state index contributed by atoms with van der Waals surface area (Å²) >= 11 is 0. The highest BCUT2D eigenvalue weighted by atomic mass is 15.1. The van der Waals surface area contributed by atoms with Gasteiger partial charge in [-0.2, -0.15) is 5.26 Å². The van der Waals surface area contributed by atoms with E-state index in [1.165, 1.54) is 4.90 Å². The molecule has 0 saturated heterocycles. The van der Waals surface area contributed by atoms with E-state index in [0.29, 0.717) is 17.6 Å². The maximum atomic E-state index is 9.72. The van der Waals surface area contributed by atoms with Crippen molar-refractivity contribution < 1.29 is 4.90 Å². The quantitative estimate of drug-likeness (QED) is 0.678. The maximum absolute atomic E-state index is 9.72. The molecule has 128 valence electrons. The third-order valence-electron chi connectivity index (χ3n) is 4.50. The van der Waals surface area contributed by atoms with Crippen LogP contribution in [0.25, 0.3) is 16.7 Å². The number of nitrogens with zero attached hydrogens (tertiary/aromatic N) is 3. The molecule has 0 bridgehead atoms. The molecule has 2 heterocycles. The number of pyridine rings is 1. The lowest BCUT2D eigenvalue weighted by Gasteiger charge is -2.18. The minimum absolute atomic E-state index is 0.636. The lowest BCUT2D eigenvalue weighted by molar-refractivity contribution is -0.856. The fourth-order valence-electron chi connectivity index (χ4n) is 3.20. The Balaban J connectivity index is 2.33. The second kappa shape index (κ2) is 6.96. The van der Waals surface area contributed by atoms with Crippen LogP contribution >= 0.6 is 0 Å². The van der Waals surface area contributed by atoms with Crippen LogP contribution < -0.4 is 10.2 Å². The highest BCUT2D eigenvalue weighted by Gasteiger charge is 2.19. The van der Waals surface area contributed by atoms with Gasteiger partial charge in [-0.1, -0.05) is 18.2 Å². The Morgan fingerprint density at radius 3 is 2.80 bits per heavy atom. The molecule has 0 saturated carbocycles. The van der Waals surface area contributed by atoms with Crippen molar-refractivity contribution in [2.75, 3.05) is 32.5 Å². The van der Waals surface area contributed by atoms with E-state index in [2.05, 4.69) is 36.5 Å². The van der Waals surface area contributed by atoms with Gasteiger partial charge in [0.25, 0.3) is 0 Å². The molecule has 0 unspecified atom stereocenters. The average Bonchev–Trinajstić information content (AvgIpc) is 2.96. The third kappa shape index (κ3) is 2.97. The molecule has 0 aliphatic heterocycles. The van der Waals surface area contributed by atoms with Crippen molar-refractivity contribution in [2.45, 2.75) is 13.3 Å². The molecule has 1 aromatic carbocycles. The monoisotopic (exact) mass is 334 g/mol. The number of nitriles is 1. The molecule has 0 radical (unpaired) electrons. The molecule has 3 aromatic rings. The molecule has 2 aromatic heterocycles. The number of hydrogen-bond acceptors (Lipinski definition) is 3. The van der Waals surface area contributed by atoms with E-state index >= 15 is 0 Å². The molecule has 0 aliphatic carbocycles. The fourth-order valence-corrected chi connectivity index (χ4v) is 3.20. The maximum Gasteiger partial charge on any atom is 0.157 e. The zero-order chi connectivity index (χ0) is 18.0. The molecule has 25 heavy (non-hydrogen) atoms. The first kappa shape index (κ1) is 17.0. The number of benzene rings is 1. The second-order valence-electron chi connectivity index (χ2n) is 6.58. The van der Waals surface area contributed by atoms with Gasteiger partial charge in [-0.15, -0.1) is 6.58 Å². The predicted molar refractivity (Wildman–Crippen MR) is 102 cm³/mol. The topological polar surface area (TPSA) is 57.6 Å². The van der Waals surface area contributed by atoms with Gasteiger partial charge < -0.3 is 10.2 Å². The van der Waals surface area contributed by atoms with Gasteiger partial charge in [0.1, 0.15) is 11.9 Å². The lowest BCUT2D eigenvalue weighted by Crippen LogP contribution is -3.06. The van der Waals surface area contributed by atoms with E-state index in [1.807, 2.05) is 37.3 Å². The Morgan fingerprint density at radius 1 is 1.36 bits per heavy atom. The molecule has 0 spiro atoms. The smallest absolute Gasteiger partial charge is 0.157 e. The Labute approximate surface area is 148 Å². The van der Waals surface area contributed by atoms with Gasteiger partial charge >= 0.3 is 0 Å². The largest absolute Gasteiger partial charge is 0.365 e. The van der Waals surface area contributed by atoms with Crippen molar-refractivity contribution in [3.8, 4) is 6.07 Å². The van der Waals surface area contributed by atoms with E-state index < -0.39 is 0 Å². The number of likely N-dealkylation sites (N-methyl/N-ethyl adjacent to an activating group) is 1. The van der Waals surface area contributed by atoms with Crippen LogP contribution in [-0.4, -0.2) is 36.6 Å². The second-order valence-corrected chi connectivity index (χ2v) is 6.58.